The number of rotatable bonds is 6. The van der Waals surface area contributed by atoms with Gasteiger partial charge in [0, 0.05) is 17.8 Å². The van der Waals surface area contributed by atoms with Gasteiger partial charge in [0.1, 0.15) is 0 Å². The number of fused-ring (bicyclic) bond motifs is 1. The number of carbonyl (C=O) groups excluding carboxylic acids is 4. The molecule has 1 aliphatic rings. The number of ether oxygens (including phenoxy) is 1. The predicted octanol–water partition coefficient (Wildman–Crippen LogP) is 3.19. The Hall–Kier alpha value is -4.86. The first-order chi connectivity index (χ1) is 15.8. The quantitative estimate of drug-likeness (QED) is 0.266. The maximum atomic E-state index is 12.6. The van der Waals surface area contributed by atoms with Crippen LogP contribution >= 0.6 is 0 Å². The van der Waals surface area contributed by atoms with Crippen molar-refractivity contribution in [3.05, 3.63) is 99.6 Å². The fourth-order valence-electron chi connectivity index (χ4n) is 3.27. The molecule has 0 atom stereocenters. The molecule has 0 saturated carbocycles. The van der Waals surface area contributed by atoms with Crippen molar-refractivity contribution in [2.24, 2.45) is 0 Å². The van der Waals surface area contributed by atoms with E-state index in [9.17, 15) is 29.3 Å². The summed E-state index contributed by atoms with van der Waals surface area (Å²) in [5, 5.41) is 13.1. The SMILES string of the molecule is O=C(COC(=O)c1cccc(N2C(=O)c3ccccc3C2=O)c1)Nc1ccc([N+](=O)[O-])cc1. The third-order valence-electron chi connectivity index (χ3n) is 4.83. The molecule has 0 aromatic heterocycles. The van der Waals surface area contributed by atoms with E-state index < -0.39 is 35.2 Å². The van der Waals surface area contributed by atoms with Gasteiger partial charge in [-0.15, -0.1) is 0 Å². The Balaban J connectivity index is 1.40. The van der Waals surface area contributed by atoms with Crippen LogP contribution in [0.3, 0.4) is 0 Å². The zero-order valence-electron chi connectivity index (χ0n) is 16.9. The van der Waals surface area contributed by atoms with Gasteiger partial charge in [-0.2, -0.15) is 0 Å². The number of benzene rings is 3. The van der Waals surface area contributed by atoms with E-state index in [0.717, 1.165) is 4.90 Å². The Labute approximate surface area is 186 Å². The highest BCUT2D eigenvalue weighted by molar-refractivity contribution is 6.34. The van der Waals surface area contributed by atoms with Crippen LogP contribution in [0.25, 0.3) is 0 Å². The summed E-state index contributed by atoms with van der Waals surface area (Å²) in [4.78, 5) is 60.8. The Morgan fingerprint density at radius 3 is 2.15 bits per heavy atom. The summed E-state index contributed by atoms with van der Waals surface area (Å²) in [6.45, 7) is -0.604. The first-order valence-corrected chi connectivity index (χ1v) is 9.64. The fourth-order valence-corrected chi connectivity index (χ4v) is 3.27. The van der Waals surface area contributed by atoms with Gasteiger partial charge in [-0.05, 0) is 42.5 Å². The molecule has 0 spiro atoms. The molecule has 0 bridgehead atoms. The maximum absolute atomic E-state index is 12.6. The molecule has 0 unspecified atom stereocenters. The maximum Gasteiger partial charge on any atom is 0.338 e. The Bertz CT molecular complexity index is 1270. The summed E-state index contributed by atoms with van der Waals surface area (Å²) in [6.07, 6.45) is 0. The van der Waals surface area contributed by atoms with Crippen molar-refractivity contribution in [1.29, 1.82) is 0 Å². The van der Waals surface area contributed by atoms with Crippen LogP contribution in [0.5, 0.6) is 0 Å². The molecule has 0 fully saturated rings. The lowest BCUT2D eigenvalue weighted by Crippen LogP contribution is -2.29. The van der Waals surface area contributed by atoms with E-state index in [0.29, 0.717) is 5.69 Å². The van der Waals surface area contributed by atoms with Crippen LogP contribution in [0.4, 0.5) is 17.1 Å². The average Bonchev–Trinajstić information content (AvgIpc) is 3.08. The van der Waals surface area contributed by atoms with Crippen molar-refractivity contribution in [2.45, 2.75) is 0 Å². The van der Waals surface area contributed by atoms with Crippen molar-refractivity contribution in [2.75, 3.05) is 16.8 Å². The largest absolute Gasteiger partial charge is 0.452 e. The number of hydrogen-bond acceptors (Lipinski definition) is 7. The van der Waals surface area contributed by atoms with Crippen LogP contribution in [-0.2, 0) is 9.53 Å². The lowest BCUT2D eigenvalue weighted by molar-refractivity contribution is -0.384. The Morgan fingerprint density at radius 1 is 0.909 bits per heavy atom. The number of amides is 3. The topological polar surface area (TPSA) is 136 Å². The number of esters is 1. The number of nitrogens with one attached hydrogen (secondary N) is 1. The van der Waals surface area contributed by atoms with E-state index in [2.05, 4.69) is 5.32 Å². The molecule has 0 aliphatic carbocycles. The van der Waals surface area contributed by atoms with Crippen LogP contribution in [0.2, 0.25) is 0 Å². The van der Waals surface area contributed by atoms with Gasteiger partial charge in [-0.1, -0.05) is 18.2 Å². The van der Waals surface area contributed by atoms with Gasteiger partial charge in [0.15, 0.2) is 6.61 Å². The number of carbonyl (C=O) groups is 4. The van der Waals surface area contributed by atoms with Crippen molar-refractivity contribution in [3.8, 4) is 0 Å². The first kappa shape index (κ1) is 21.4. The summed E-state index contributed by atoms with van der Waals surface area (Å²) in [6, 6.07) is 17.3. The number of hydrogen-bond donors (Lipinski definition) is 1. The van der Waals surface area contributed by atoms with Crippen molar-refractivity contribution < 1.29 is 28.8 Å². The minimum atomic E-state index is -0.827. The molecule has 33 heavy (non-hydrogen) atoms. The summed E-state index contributed by atoms with van der Waals surface area (Å²) >= 11 is 0. The molecule has 1 aliphatic heterocycles. The second-order valence-corrected chi connectivity index (χ2v) is 6.97. The highest BCUT2D eigenvalue weighted by atomic mass is 16.6. The number of imide groups is 1. The minimum absolute atomic E-state index is 0.0483. The number of nitrogens with zero attached hydrogens (tertiary/aromatic N) is 2. The van der Waals surface area contributed by atoms with Crippen LogP contribution in [0.1, 0.15) is 31.1 Å². The van der Waals surface area contributed by atoms with Crippen LogP contribution in [-0.4, -0.2) is 35.2 Å². The van der Waals surface area contributed by atoms with E-state index in [1.54, 1.807) is 24.3 Å². The molecule has 0 saturated heterocycles. The van der Waals surface area contributed by atoms with E-state index in [-0.39, 0.29) is 28.1 Å². The van der Waals surface area contributed by atoms with Crippen molar-refractivity contribution >= 4 is 40.8 Å². The van der Waals surface area contributed by atoms with Crippen LogP contribution in [0, 0.1) is 10.1 Å². The molecule has 1 heterocycles. The highest BCUT2D eigenvalue weighted by Gasteiger charge is 2.36. The second-order valence-electron chi connectivity index (χ2n) is 6.97. The third kappa shape index (κ3) is 4.30. The van der Waals surface area contributed by atoms with Crippen molar-refractivity contribution in [1.82, 2.24) is 0 Å². The van der Waals surface area contributed by atoms with Crippen LogP contribution < -0.4 is 10.2 Å². The fraction of sp³-hybridized carbons (Fsp3) is 0.0435. The highest BCUT2D eigenvalue weighted by Crippen LogP contribution is 2.28. The van der Waals surface area contributed by atoms with Crippen LogP contribution in [0.15, 0.2) is 72.8 Å². The Kier molecular flexibility index (Phi) is 5.64. The molecule has 4 rings (SSSR count). The van der Waals surface area contributed by atoms with Gasteiger partial charge in [0.2, 0.25) is 0 Å². The molecule has 3 amide bonds. The monoisotopic (exact) mass is 445 g/mol. The van der Waals surface area contributed by atoms with E-state index in [4.69, 9.17) is 4.74 Å². The minimum Gasteiger partial charge on any atom is -0.452 e. The summed E-state index contributed by atoms with van der Waals surface area (Å²) in [7, 11) is 0. The molecule has 10 heteroatoms. The van der Waals surface area contributed by atoms with Gasteiger partial charge in [0.25, 0.3) is 23.4 Å². The smallest absolute Gasteiger partial charge is 0.338 e. The number of nitro groups is 1. The normalized spacial score (nSPS) is 12.3. The first-order valence-electron chi connectivity index (χ1n) is 9.64. The van der Waals surface area contributed by atoms with Gasteiger partial charge in [-0.3, -0.25) is 24.5 Å². The van der Waals surface area contributed by atoms with E-state index in [1.165, 1.54) is 48.5 Å². The molecule has 164 valence electrons. The number of non-ortho nitro benzene ring substituents is 1. The average molecular weight is 445 g/mol. The van der Waals surface area contributed by atoms with Gasteiger partial charge >= 0.3 is 5.97 Å². The van der Waals surface area contributed by atoms with E-state index in [1.807, 2.05) is 0 Å². The van der Waals surface area contributed by atoms with E-state index >= 15 is 0 Å². The van der Waals surface area contributed by atoms with Gasteiger partial charge < -0.3 is 10.1 Å². The molecule has 3 aromatic rings. The zero-order valence-corrected chi connectivity index (χ0v) is 16.9. The lowest BCUT2D eigenvalue weighted by Gasteiger charge is -2.14. The predicted molar refractivity (Wildman–Crippen MR) is 116 cm³/mol. The molecule has 10 nitrogen and oxygen atoms in total. The van der Waals surface area contributed by atoms with Crippen molar-refractivity contribution in [3.63, 3.8) is 0 Å². The summed E-state index contributed by atoms with van der Waals surface area (Å²) in [5.74, 6) is -2.46. The zero-order chi connectivity index (χ0) is 23.5. The molecule has 1 N–H and O–H groups in total. The Morgan fingerprint density at radius 2 is 1.55 bits per heavy atom. The number of anilines is 2. The molecule has 0 radical (unpaired) electrons. The number of nitro benzene ring substituents is 1. The van der Waals surface area contributed by atoms with Gasteiger partial charge in [0.05, 0.1) is 27.3 Å². The summed E-state index contributed by atoms with van der Waals surface area (Å²) < 4.78 is 5.01. The second kappa shape index (κ2) is 8.71. The summed E-state index contributed by atoms with van der Waals surface area (Å²) in [5.41, 5.74) is 0.974. The molecular formula is C23H15N3O7. The molecular weight excluding hydrogens is 430 g/mol. The third-order valence-corrected chi connectivity index (χ3v) is 4.83. The standard InChI is InChI=1S/C23H15N3O7/c27-20(24-15-8-10-16(11-9-15)26(31)32)13-33-23(30)14-4-3-5-17(12-14)25-21(28)18-6-1-2-7-19(18)22(25)29/h1-12H,13H2,(H,24,27). The molecule has 3 aromatic carbocycles. The van der Waals surface area contributed by atoms with Gasteiger partial charge in [-0.25, -0.2) is 9.69 Å². The lowest BCUT2D eigenvalue weighted by atomic mass is 10.1.